The van der Waals surface area contributed by atoms with Crippen molar-refractivity contribution in [3.05, 3.63) is 0 Å². The first-order valence-corrected chi connectivity index (χ1v) is 6.58. The second kappa shape index (κ2) is 8.08. The number of amides is 2. The lowest BCUT2D eigenvalue weighted by Gasteiger charge is -2.23. The molecule has 3 N–H and O–H groups in total. The third-order valence-electron chi connectivity index (χ3n) is 2.27. The standard InChI is InChI=1S/C13H27N3O2/c1-6-8-15-11(17)7-9-14-10(2)12(18)16-13(3,4)5/h10,14H,6-9H2,1-5H3,(H,15,17)(H,16,18). The summed E-state index contributed by atoms with van der Waals surface area (Å²) in [5, 5.41) is 8.72. The average molecular weight is 257 g/mol. The molecule has 1 unspecified atom stereocenters. The van der Waals surface area contributed by atoms with Gasteiger partial charge < -0.3 is 16.0 Å². The zero-order valence-electron chi connectivity index (χ0n) is 12.2. The van der Waals surface area contributed by atoms with E-state index in [0.717, 1.165) is 6.42 Å². The molecule has 106 valence electrons. The Morgan fingerprint density at radius 1 is 1.17 bits per heavy atom. The van der Waals surface area contributed by atoms with Gasteiger partial charge in [0.1, 0.15) is 0 Å². The van der Waals surface area contributed by atoms with Crippen LogP contribution in [0.15, 0.2) is 0 Å². The van der Waals surface area contributed by atoms with Crippen LogP contribution >= 0.6 is 0 Å². The molecule has 0 aromatic carbocycles. The highest BCUT2D eigenvalue weighted by molar-refractivity contribution is 5.82. The molecule has 0 radical (unpaired) electrons. The summed E-state index contributed by atoms with van der Waals surface area (Å²) < 4.78 is 0. The third kappa shape index (κ3) is 8.98. The molecule has 0 aliphatic rings. The molecule has 0 aromatic heterocycles. The first kappa shape index (κ1) is 16.9. The molecule has 0 fully saturated rings. The molecule has 0 bridgehead atoms. The maximum Gasteiger partial charge on any atom is 0.237 e. The summed E-state index contributed by atoms with van der Waals surface area (Å²) >= 11 is 0. The average Bonchev–Trinajstić information content (AvgIpc) is 2.23. The Morgan fingerprint density at radius 2 is 1.78 bits per heavy atom. The fourth-order valence-electron chi connectivity index (χ4n) is 1.33. The van der Waals surface area contributed by atoms with Crippen molar-refractivity contribution in [3.8, 4) is 0 Å². The molecule has 1 atom stereocenters. The van der Waals surface area contributed by atoms with E-state index in [4.69, 9.17) is 0 Å². The molecule has 0 aliphatic carbocycles. The molecule has 2 amide bonds. The first-order valence-electron chi connectivity index (χ1n) is 6.58. The molecule has 5 nitrogen and oxygen atoms in total. The van der Waals surface area contributed by atoms with E-state index in [1.54, 1.807) is 6.92 Å². The molecule has 5 heteroatoms. The van der Waals surface area contributed by atoms with Crippen molar-refractivity contribution in [2.24, 2.45) is 0 Å². The van der Waals surface area contributed by atoms with Crippen LogP contribution in [0.3, 0.4) is 0 Å². The quantitative estimate of drug-likeness (QED) is 0.631. The van der Waals surface area contributed by atoms with Crippen molar-refractivity contribution in [1.29, 1.82) is 0 Å². The molecule has 0 spiro atoms. The van der Waals surface area contributed by atoms with Gasteiger partial charge in [-0.15, -0.1) is 0 Å². The fourth-order valence-corrected chi connectivity index (χ4v) is 1.33. The van der Waals surface area contributed by atoms with Crippen LogP contribution in [0.4, 0.5) is 0 Å². The van der Waals surface area contributed by atoms with E-state index in [-0.39, 0.29) is 23.4 Å². The first-order chi connectivity index (χ1) is 8.26. The van der Waals surface area contributed by atoms with Crippen LogP contribution < -0.4 is 16.0 Å². The highest BCUT2D eigenvalue weighted by Crippen LogP contribution is 1.99. The number of hydrogen-bond acceptors (Lipinski definition) is 3. The van der Waals surface area contributed by atoms with Gasteiger partial charge in [-0.2, -0.15) is 0 Å². The van der Waals surface area contributed by atoms with E-state index in [1.807, 2.05) is 27.7 Å². The van der Waals surface area contributed by atoms with E-state index in [9.17, 15) is 9.59 Å². The molecule has 0 saturated heterocycles. The van der Waals surface area contributed by atoms with Gasteiger partial charge in [-0.05, 0) is 34.1 Å². The van der Waals surface area contributed by atoms with Gasteiger partial charge in [0.25, 0.3) is 0 Å². The zero-order valence-corrected chi connectivity index (χ0v) is 12.2. The Hall–Kier alpha value is -1.10. The highest BCUT2D eigenvalue weighted by Gasteiger charge is 2.18. The Balaban J connectivity index is 3.79. The molecule has 0 heterocycles. The van der Waals surface area contributed by atoms with Crippen LogP contribution in [0.25, 0.3) is 0 Å². The van der Waals surface area contributed by atoms with Crippen molar-refractivity contribution in [2.75, 3.05) is 13.1 Å². The lowest BCUT2D eigenvalue weighted by Crippen LogP contribution is -2.50. The maximum absolute atomic E-state index is 11.7. The van der Waals surface area contributed by atoms with Crippen molar-refractivity contribution in [2.45, 2.75) is 59.0 Å². The fraction of sp³-hybridized carbons (Fsp3) is 0.846. The van der Waals surface area contributed by atoms with Crippen molar-refractivity contribution >= 4 is 11.8 Å². The lowest BCUT2D eigenvalue weighted by molar-refractivity contribution is -0.125. The van der Waals surface area contributed by atoms with Crippen LogP contribution in [-0.4, -0.2) is 36.5 Å². The second-order valence-electron chi connectivity index (χ2n) is 5.52. The van der Waals surface area contributed by atoms with Gasteiger partial charge in [0.05, 0.1) is 6.04 Å². The van der Waals surface area contributed by atoms with Crippen LogP contribution in [0, 0.1) is 0 Å². The number of hydrogen-bond donors (Lipinski definition) is 3. The van der Waals surface area contributed by atoms with E-state index in [0.29, 0.717) is 19.5 Å². The van der Waals surface area contributed by atoms with Gasteiger partial charge >= 0.3 is 0 Å². The van der Waals surface area contributed by atoms with Crippen LogP contribution in [0.5, 0.6) is 0 Å². The number of carbonyl (C=O) groups excluding carboxylic acids is 2. The van der Waals surface area contributed by atoms with Crippen molar-refractivity contribution < 1.29 is 9.59 Å². The van der Waals surface area contributed by atoms with Gasteiger partial charge in [0.15, 0.2) is 0 Å². The normalized spacial score (nSPS) is 12.9. The van der Waals surface area contributed by atoms with Crippen LogP contribution in [0.2, 0.25) is 0 Å². The summed E-state index contributed by atoms with van der Waals surface area (Å²) in [6.07, 6.45) is 1.33. The Bertz CT molecular complexity index is 272. The Kier molecular flexibility index (Phi) is 7.59. The highest BCUT2D eigenvalue weighted by atomic mass is 16.2. The van der Waals surface area contributed by atoms with E-state index < -0.39 is 0 Å². The third-order valence-corrected chi connectivity index (χ3v) is 2.27. The Labute approximate surface area is 110 Å². The summed E-state index contributed by atoms with van der Waals surface area (Å²) in [5.74, 6) is -0.0238. The minimum Gasteiger partial charge on any atom is -0.356 e. The van der Waals surface area contributed by atoms with Crippen LogP contribution in [-0.2, 0) is 9.59 Å². The van der Waals surface area contributed by atoms with Crippen LogP contribution in [0.1, 0.15) is 47.5 Å². The maximum atomic E-state index is 11.7. The molecule has 0 aromatic rings. The molecular formula is C13H27N3O2. The molecule has 0 rings (SSSR count). The number of carbonyl (C=O) groups is 2. The smallest absolute Gasteiger partial charge is 0.237 e. The van der Waals surface area contributed by atoms with E-state index >= 15 is 0 Å². The summed E-state index contributed by atoms with van der Waals surface area (Å²) in [6.45, 7) is 10.8. The minimum absolute atomic E-state index is 0.0211. The SMILES string of the molecule is CCCNC(=O)CCNC(C)C(=O)NC(C)(C)C. The predicted octanol–water partition coefficient (Wildman–Crippen LogP) is 0.796. The largest absolute Gasteiger partial charge is 0.356 e. The minimum atomic E-state index is -0.289. The van der Waals surface area contributed by atoms with E-state index in [1.165, 1.54) is 0 Å². The van der Waals surface area contributed by atoms with Gasteiger partial charge in [0.2, 0.25) is 11.8 Å². The summed E-state index contributed by atoms with van der Waals surface area (Å²) in [7, 11) is 0. The van der Waals surface area contributed by atoms with Gasteiger partial charge in [-0.25, -0.2) is 0 Å². The van der Waals surface area contributed by atoms with Crippen molar-refractivity contribution in [3.63, 3.8) is 0 Å². The topological polar surface area (TPSA) is 70.2 Å². The van der Waals surface area contributed by atoms with Gasteiger partial charge in [-0.3, -0.25) is 9.59 Å². The van der Waals surface area contributed by atoms with Gasteiger partial charge in [0, 0.05) is 25.0 Å². The summed E-state index contributed by atoms with van der Waals surface area (Å²) in [6, 6.07) is -0.289. The summed E-state index contributed by atoms with van der Waals surface area (Å²) in [4.78, 5) is 23.1. The van der Waals surface area contributed by atoms with Gasteiger partial charge in [-0.1, -0.05) is 6.92 Å². The monoisotopic (exact) mass is 257 g/mol. The number of rotatable bonds is 7. The number of nitrogens with one attached hydrogen (secondary N) is 3. The Morgan fingerprint density at radius 3 is 2.28 bits per heavy atom. The zero-order chi connectivity index (χ0) is 14.2. The molecule has 18 heavy (non-hydrogen) atoms. The van der Waals surface area contributed by atoms with Crippen molar-refractivity contribution in [1.82, 2.24) is 16.0 Å². The van der Waals surface area contributed by atoms with E-state index in [2.05, 4.69) is 16.0 Å². The molecule has 0 aliphatic heterocycles. The molecule has 0 saturated carbocycles. The lowest BCUT2D eigenvalue weighted by atomic mass is 10.1. The second-order valence-corrected chi connectivity index (χ2v) is 5.52. The summed E-state index contributed by atoms with van der Waals surface area (Å²) in [5.41, 5.74) is -0.231. The molecular weight excluding hydrogens is 230 g/mol. The predicted molar refractivity (Wildman–Crippen MR) is 73.3 cm³/mol.